The zero-order valence-electron chi connectivity index (χ0n) is 19.5. The van der Waals surface area contributed by atoms with Crippen molar-refractivity contribution in [3.8, 4) is 0 Å². The Morgan fingerprint density at radius 3 is 2.44 bits per heavy atom. The maximum absolute atomic E-state index is 13.0. The van der Waals surface area contributed by atoms with Crippen LogP contribution in [0.5, 0.6) is 0 Å². The van der Waals surface area contributed by atoms with E-state index in [-0.39, 0.29) is 18.2 Å². The molecule has 2 aliphatic rings. The van der Waals surface area contributed by atoms with E-state index in [4.69, 9.17) is 4.98 Å². The Morgan fingerprint density at radius 1 is 1.03 bits per heavy atom. The van der Waals surface area contributed by atoms with Crippen molar-refractivity contribution >= 4 is 17.5 Å². The lowest BCUT2D eigenvalue weighted by molar-refractivity contribution is -0.139. The summed E-state index contributed by atoms with van der Waals surface area (Å²) in [5.41, 5.74) is 3.86. The second-order valence-corrected chi connectivity index (χ2v) is 9.66. The van der Waals surface area contributed by atoms with Crippen molar-refractivity contribution in [1.82, 2.24) is 19.9 Å². The van der Waals surface area contributed by atoms with E-state index in [1.807, 2.05) is 37.8 Å². The minimum absolute atomic E-state index is 0.0775. The lowest BCUT2D eigenvalue weighted by atomic mass is 9.82. The van der Waals surface area contributed by atoms with Gasteiger partial charge in [-0.25, -0.2) is 9.97 Å². The van der Waals surface area contributed by atoms with Gasteiger partial charge in [-0.15, -0.1) is 0 Å². The molecule has 0 radical (unpaired) electrons. The average Bonchev–Trinajstić information content (AvgIpc) is 2.73. The van der Waals surface area contributed by atoms with E-state index >= 15 is 0 Å². The van der Waals surface area contributed by atoms with E-state index in [1.54, 1.807) is 0 Å². The average molecular weight is 438 g/mol. The van der Waals surface area contributed by atoms with E-state index in [0.29, 0.717) is 12.5 Å². The molecule has 1 atom stereocenters. The number of piperidine rings is 1. The molecule has 1 unspecified atom stereocenters. The Bertz CT molecular complexity index is 951. The smallest absolute Gasteiger partial charge is 0.227 e. The minimum Gasteiger partial charge on any atom is -0.389 e. The normalized spacial score (nSPS) is 20.8. The molecule has 32 heavy (non-hydrogen) atoms. The molecule has 2 N–H and O–H groups in total. The van der Waals surface area contributed by atoms with Gasteiger partial charge in [-0.05, 0) is 64.7 Å². The number of likely N-dealkylation sites (tertiary alicyclic amines) is 1. The number of nitrogens with one attached hydrogen (secondary N) is 1. The van der Waals surface area contributed by atoms with Gasteiger partial charge in [0.25, 0.3) is 0 Å². The van der Waals surface area contributed by atoms with Gasteiger partial charge in [0.05, 0.1) is 12.0 Å². The SMILES string of the molecule is Cc1cc(Nc2nc(C)cc(C)n2)cc(C2CCCN(C(=O)CC3(O)CCCCC3)C2)n1. The lowest BCUT2D eigenvalue weighted by Crippen LogP contribution is -2.44. The fourth-order valence-electron chi connectivity index (χ4n) is 5.11. The van der Waals surface area contributed by atoms with Crippen molar-refractivity contribution in [2.45, 2.75) is 83.7 Å². The fourth-order valence-corrected chi connectivity index (χ4v) is 5.11. The molecule has 7 heteroatoms. The van der Waals surface area contributed by atoms with Crippen molar-refractivity contribution in [2.24, 2.45) is 0 Å². The monoisotopic (exact) mass is 437 g/mol. The largest absolute Gasteiger partial charge is 0.389 e. The summed E-state index contributed by atoms with van der Waals surface area (Å²) in [5, 5.41) is 14.2. The van der Waals surface area contributed by atoms with Crippen molar-refractivity contribution in [3.63, 3.8) is 0 Å². The van der Waals surface area contributed by atoms with Crippen LogP contribution < -0.4 is 5.32 Å². The molecule has 2 aromatic rings. The summed E-state index contributed by atoms with van der Waals surface area (Å²) in [5.74, 6) is 0.850. The van der Waals surface area contributed by atoms with Gasteiger partial charge >= 0.3 is 0 Å². The molecule has 1 aliphatic heterocycles. The molecule has 0 bridgehead atoms. The summed E-state index contributed by atoms with van der Waals surface area (Å²) < 4.78 is 0. The summed E-state index contributed by atoms with van der Waals surface area (Å²) in [6.07, 6.45) is 6.87. The highest BCUT2D eigenvalue weighted by Crippen LogP contribution is 2.33. The Kier molecular flexibility index (Phi) is 6.74. The van der Waals surface area contributed by atoms with Crippen LogP contribution >= 0.6 is 0 Å². The number of hydrogen-bond acceptors (Lipinski definition) is 6. The third kappa shape index (κ3) is 5.63. The summed E-state index contributed by atoms with van der Waals surface area (Å²) in [6, 6.07) is 6.00. The number of amides is 1. The maximum atomic E-state index is 13.0. The number of hydrogen-bond donors (Lipinski definition) is 2. The van der Waals surface area contributed by atoms with Gasteiger partial charge in [0.15, 0.2) is 0 Å². The highest BCUT2D eigenvalue weighted by molar-refractivity contribution is 5.77. The van der Waals surface area contributed by atoms with E-state index in [0.717, 1.165) is 80.0 Å². The number of carbonyl (C=O) groups excluding carboxylic acids is 1. The van der Waals surface area contributed by atoms with Gasteiger partial charge < -0.3 is 15.3 Å². The first-order valence-corrected chi connectivity index (χ1v) is 11.9. The van der Waals surface area contributed by atoms with Crippen LogP contribution in [0.2, 0.25) is 0 Å². The van der Waals surface area contributed by atoms with Crippen molar-refractivity contribution in [2.75, 3.05) is 18.4 Å². The predicted molar refractivity (Wildman–Crippen MR) is 125 cm³/mol. The standard InChI is InChI=1S/C25H35N5O2/c1-17-12-18(2)28-24(27-17)29-21-13-19(3)26-22(14-21)20-8-7-11-30(16-20)23(31)15-25(32)9-5-4-6-10-25/h12-14,20,32H,4-11,15-16H2,1-3H3,(H,26,27,28,29). The zero-order valence-corrected chi connectivity index (χ0v) is 19.5. The molecule has 4 rings (SSSR count). The number of aliphatic hydroxyl groups is 1. The second kappa shape index (κ2) is 9.53. The van der Waals surface area contributed by atoms with Crippen molar-refractivity contribution in [3.05, 3.63) is 41.0 Å². The molecular formula is C25H35N5O2. The van der Waals surface area contributed by atoms with E-state index in [1.165, 1.54) is 0 Å². The second-order valence-electron chi connectivity index (χ2n) is 9.66. The quantitative estimate of drug-likeness (QED) is 0.723. The van der Waals surface area contributed by atoms with Crippen molar-refractivity contribution < 1.29 is 9.90 Å². The summed E-state index contributed by atoms with van der Waals surface area (Å²) in [4.78, 5) is 28.7. The van der Waals surface area contributed by atoms with Crippen LogP contribution in [0.15, 0.2) is 18.2 Å². The van der Waals surface area contributed by atoms with E-state index < -0.39 is 5.60 Å². The molecule has 172 valence electrons. The number of carbonyl (C=O) groups is 1. The Hall–Kier alpha value is -2.54. The minimum atomic E-state index is -0.813. The molecular weight excluding hydrogens is 402 g/mol. The molecule has 3 heterocycles. The fraction of sp³-hybridized carbons (Fsp3) is 0.600. The number of rotatable bonds is 5. The first-order valence-electron chi connectivity index (χ1n) is 11.9. The topological polar surface area (TPSA) is 91.2 Å². The van der Waals surface area contributed by atoms with Gasteiger partial charge in [0.2, 0.25) is 11.9 Å². The lowest BCUT2D eigenvalue weighted by Gasteiger charge is -2.37. The van der Waals surface area contributed by atoms with Crippen LogP contribution in [-0.2, 0) is 4.79 Å². The summed E-state index contributed by atoms with van der Waals surface area (Å²) in [7, 11) is 0. The van der Waals surface area contributed by atoms with Gasteiger partial charge in [-0.2, -0.15) is 0 Å². The first-order chi connectivity index (χ1) is 15.3. The van der Waals surface area contributed by atoms with Gasteiger partial charge in [-0.1, -0.05) is 19.3 Å². The highest BCUT2D eigenvalue weighted by Gasteiger charge is 2.35. The van der Waals surface area contributed by atoms with Crippen LogP contribution in [0.1, 0.15) is 80.1 Å². The maximum Gasteiger partial charge on any atom is 0.227 e. The summed E-state index contributed by atoms with van der Waals surface area (Å²) in [6.45, 7) is 7.33. The van der Waals surface area contributed by atoms with Crippen molar-refractivity contribution in [1.29, 1.82) is 0 Å². The van der Waals surface area contributed by atoms with Gasteiger partial charge in [-0.3, -0.25) is 9.78 Å². The summed E-state index contributed by atoms with van der Waals surface area (Å²) >= 11 is 0. The molecule has 1 saturated carbocycles. The van der Waals surface area contributed by atoms with Crippen LogP contribution in [0, 0.1) is 20.8 Å². The molecule has 7 nitrogen and oxygen atoms in total. The van der Waals surface area contributed by atoms with Crippen LogP contribution in [0.4, 0.5) is 11.6 Å². The van der Waals surface area contributed by atoms with Crippen LogP contribution in [-0.4, -0.2) is 49.6 Å². The van der Waals surface area contributed by atoms with Gasteiger partial charge in [0.1, 0.15) is 0 Å². The Balaban J connectivity index is 1.46. The van der Waals surface area contributed by atoms with E-state index in [2.05, 4.69) is 21.4 Å². The predicted octanol–water partition coefficient (Wildman–Crippen LogP) is 4.33. The number of nitrogens with zero attached hydrogens (tertiary/aromatic N) is 4. The number of aromatic nitrogens is 3. The number of aryl methyl sites for hydroxylation is 3. The molecule has 0 aromatic carbocycles. The third-order valence-corrected chi connectivity index (χ3v) is 6.67. The first kappa shape index (κ1) is 22.6. The van der Waals surface area contributed by atoms with Crippen LogP contribution in [0.3, 0.4) is 0 Å². The van der Waals surface area contributed by atoms with Crippen LogP contribution in [0.25, 0.3) is 0 Å². The molecule has 2 aromatic heterocycles. The molecule has 1 aliphatic carbocycles. The Morgan fingerprint density at radius 2 is 1.72 bits per heavy atom. The molecule has 0 spiro atoms. The number of anilines is 2. The zero-order chi connectivity index (χ0) is 22.7. The molecule has 1 amide bonds. The highest BCUT2D eigenvalue weighted by atomic mass is 16.3. The number of pyridine rings is 1. The third-order valence-electron chi connectivity index (χ3n) is 6.67. The Labute approximate surface area is 190 Å². The molecule has 1 saturated heterocycles. The van der Waals surface area contributed by atoms with Gasteiger partial charge in [0, 0.05) is 47.5 Å². The van der Waals surface area contributed by atoms with E-state index in [9.17, 15) is 9.90 Å². The molecule has 2 fully saturated rings.